The Morgan fingerprint density at radius 2 is 2.21 bits per heavy atom. The summed E-state index contributed by atoms with van der Waals surface area (Å²) in [7, 11) is 1.83. The Kier molecular flexibility index (Phi) is 6.28. The molecule has 24 heavy (non-hydrogen) atoms. The van der Waals surface area contributed by atoms with Crippen LogP contribution in [-0.4, -0.2) is 45.4 Å². The number of nitrogens with zero attached hydrogens (tertiary/aromatic N) is 3. The summed E-state index contributed by atoms with van der Waals surface area (Å²) >= 11 is 11.4. The van der Waals surface area contributed by atoms with E-state index in [1.54, 1.807) is 18.2 Å². The molecule has 2 aromatic rings. The van der Waals surface area contributed by atoms with Gasteiger partial charge < -0.3 is 14.6 Å². The van der Waals surface area contributed by atoms with Crippen molar-refractivity contribution in [3.8, 4) is 0 Å². The average molecular weight is 399 g/mol. The second-order valence-electron chi connectivity index (χ2n) is 5.05. The number of rotatable bonds is 9. The first-order chi connectivity index (χ1) is 12.5. The van der Waals surface area contributed by atoms with Gasteiger partial charge in [-0.3, -0.25) is 4.79 Å². The van der Waals surface area contributed by atoms with E-state index >= 15 is 0 Å². The van der Waals surface area contributed by atoms with Crippen molar-refractivity contribution in [2.75, 3.05) is 29.7 Å². The van der Waals surface area contributed by atoms with Gasteiger partial charge in [-0.05, 0) is 24.6 Å². The van der Waals surface area contributed by atoms with Gasteiger partial charge in [-0.25, -0.2) is 4.98 Å². The van der Waals surface area contributed by atoms with Crippen LogP contribution in [0.5, 0.6) is 0 Å². The minimum atomic E-state index is -2.62. The van der Waals surface area contributed by atoms with Crippen molar-refractivity contribution in [1.82, 2.24) is 9.55 Å². The van der Waals surface area contributed by atoms with Crippen LogP contribution in [0.2, 0.25) is 0 Å². The zero-order valence-electron chi connectivity index (χ0n) is 17.1. The van der Waals surface area contributed by atoms with E-state index < -0.39 is 18.3 Å². The molecule has 5 nitrogen and oxygen atoms in total. The molecule has 0 saturated carbocycles. The molecule has 134 valence electrons. The third-order valence-electron chi connectivity index (χ3n) is 3.55. The van der Waals surface area contributed by atoms with Crippen LogP contribution in [0.15, 0.2) is 18.2 Å². The van der Waals surface area contributed by atoms with E-state index in [2.05, 4.69) is 4.98 Å². The molecule has 1 aromatic carbocycles. The Balaban J connectivity index is 0.00000392. The van der Waals surface area contributed by atoms with Gasteiger partial charge in [-0.15, -0.1) is 35.6 Å². The summed E-state index contributed by atoms with van der Waals surface area (Å²) in [6, 6.07) is 5.08. The maximum atomic E-state index is 10.7. The fourth-order valence-corrected chi connectivity index (χ4v) is 2.68. The summed E-state index contributed by atoms with van der Waals surface area (Å²) in [5.41, 5.74) is 1.82. The first-order valence-corrected chi connectivity index (χ1v) is 8.10. The number of hydrogen-bond acceptors (Lipinski definition) is 3. The fourth-order valence-electron chi connectivity index (χ4n) is 2.41. The molecule has 8 heteroatoms. The van der Waals surface area contributed by atoms with Crippen molar-refractivity contribution in [3.63, 3.8) is 0 Å². The molecule has 0 radical (unpaired) electrons. The van der Waals surface area contributed by atoms with E-state index in [0.29, 0.717) is 24.0 Å². The monoisotopic (exact) mass is 397 g/mol. The van der Waals surface area contributed by atoms with E-state index in [1.165, 1.54) is 4.90 Å². The van der Waals surface area contributed by atoms with Crippen molar-refractivity contribution in [3.05, 3.63) is 24.0 Å². The molecule has 0 aliphatic carbocycles. The van der Waals surface area contributed by atoms with Gasteiger partial charge in [0, 0.05) is 53.1 Å². The number of aromatic nitrogens is 2. The summed E-state index contributed by atoms with van der Waals surface area (Å²) in [5, 5.41) is 8.77. The third-order valence-corrected chi connectivity index (χ3v) is 3.80. The van der Waals surface area contributed by atoms with E-state index in [-0.39, 0.29) is 31.3 Å². The Labute approximate surface area is 163 Å². The molecule has 0 aliphatic heterocycles. The van der Waals surface area contributed by atoms with Gasteiger partial charge in [0.2, 0.25) is 0 Å². The first kappa shape index (κ1) is 15.1. The van der Waals surface area contributed by atoms with Crippen LogP contribution in [0.3, 0.4) is 0 Å². The lowest BCUT2D eigenvalue weighted by Crippen LogP contribution is -2.27. The van der Waals surface area contributed by atoms with Crippen LogP contribution in [0.1, 0.15) is 24.1 Å². The number of fused-ring (bicyclic) bond motifs is 1. The van der Waals surface area contributed by atoms with Crippen molar-refractivity contribution in [1.29, 1.82) is 0 Å². The number of anilines is 1. The molecule has 0 unspecified atom stereocenters. The van der Waals surface area contributed by atoms with E-state index in [1.807, 2.05) is 11.6 Å². The molecule has 0 bridgehead atoms. The van der Waals surface area contributed by atoms with Crippen LogP contribution >= 0.6 is 35.6 Å². The lowest BCUT2D eigenvalue weighted by molar-refractivity contribution is -0.137. The van der Waals surface area contributed by atoms with Crippen molar-refractivity contribution >= 4 is 58.3 Å². The zero-order valence-corrected chi connectivity index (χ0v) is 15.5. The Morgan fingerprint density at radius 3 is 2.83 bits per heavy atom. The standard InChI is InChI=1S/C16H21Cl2N3O2.ClH/c1-20-14-6-5-12(21(9-7-17)10-8-18)11-13(14)19-15(20)3-2-4-16(22)23;/h5-6,11H,2-4,7-10H2,1H3,(H,22,23);1H/i7D2,9D2;. The van der Waals surface area contributed by atoms with Crippen LogP contribution in [0.25, 0.3) is 11.0 Å². The highest BCUT2D eigenvalue weighted by molar-refractivity contribution is 6.18. The smallest absolute Gasteiger partial charge is 0.303 e. The maximum Gasteiger partial charge on any atom is 0.303 e. The lowest BCUT2D eigenvalue weighted by atomic mass is 10.2. The number of aliphatic carboxylic acids is 1. The molecule has 0 spiro atoms. The highest BCUT2D eigenvalue weighted by Gasteiger charge is 2.11. The molecular formula is C16H22Cl3N3O2. The SMILES string of the molecule is Cl.[2H]C([2H])(Cl)C([2H])([2H])N(CCCl)c1ccc2c(c1)nc(CCCC(=O)O)n2C. The van der Waals surface area contributed by atoms with Crippen LogP contribution < -0.4 is 4.90 Å². The van der Waals surface area contributed by atoms with Gasteiger partial charge in [-0.2, -0.15) is 0 Å². The number of carboxylic acid groups (broad SMARTS) is 1. The van der Waals surface area contributed by atoms with Crippen molar-refractivity contribution < 1.29 is 15.4 Å². The van der Waals surface area contributed by atoms with Crippen LogP contribution in [-0.2, 0) is 18.3 Å². The van der Waals surface area contributed by atoms with E-state index in [4.69, 9.17) is 33.8 Å². The van der Waals surface area contributed by atoms with Gasteiger partial charge in [0.15, 0.2) is 0 Å². The highest BCUT2D eigenvalue weighted by atomic mass is 35.5. The summed E-state index contributed by atoms with van der Waals surface area (Å²) in [6.45, 7) is -2.43. The number of carboxylic acids is 1. The van der Waals surface area contributed by atoms with E-state index in [0.717, 1.165) is 11.3 Å². The number of benzene rings is 1. The number of aryl methyl sites for hydroxylation is 2. The van der Waals surface area contributed by atoms with E-state index in [9.17, 15) is 4.79 Å². The second kappa shape index (κ2) is 9.97. The summed E-state index contributed by atoms with van der Waals surface area (Å²) < 4.78 is 33.3. The number of carbonyl (C=O) groups is 1. The van der Waals surface area contributed by atoms with Gasteiger partial charge in [0.25, 0.3) is 0 Å². The van der Waals surface area contributed by atoms with Gasteiger partial charge in [0.1, 0.15) is 5.82 Å². The van der Waals surface area contributed by atoms with Gasteiger partial charge in [-0.1, -0.05) is 0 Å². The lowest BCUT2D eigenvalue weighted by Gasteiger charge is -2.22. The number of alkyl halides is 2. The molecular weight excluding hydrogens is 373 g/mol. The quantitative estimate of drug-likeness (QED) is 0.655. The fraction of sp³-hybridized carbons (Fsp3) is 0.500. The molecule has 1 N–H and O–H groups in total. The second-order valence-corrected chi connectivity index (χ2v) is 5.62. The molecule has 2 rings (SSSR count). The Bertz CT molecular complexity index is 827. The molecule has 0 atom stereocenters. The largest absolute Gasteiger partial charge is 0.481 e. The van der Waals surface area contributed by atoms with Crippen LogP contribution in [0.4, 0.5) is 5.69 Å². The molecule has 0 amide bonds. The summed E-state index contributed by atoms with van der Waals surface area (Å²) in [4.78, 5) is 16.4. The number of hydrogen-bond donors (Lipinski definition) is 1. The first-order valence-electron chi connectivity index (χ1n) is 9.18. The Hall–Kier alpha value is -1.17. The normalized spacial score (nSPS) is 14.3. The predicted octanol–water partition coefficient (Wildman–Crippen LogP) is 3.69. The topological polar surface area (TPSA) is 58.4 Å². The summed E-state index contributed by atoms with van der Waals surface area (Å²) in [6.07, 6.45) is 1.03. The van der Waals surface area contributed by atoms with Crippen LogP contribution in [0, 0.1) is 0 Å². The molecule has 0 saturated heterocycles. The van der Waals surface area contributed by atoms with Crippen molar-refractivity contribution in [2.24, 2.45) is 7.05 Å². The average Bonchev–Trinajstić information content (AvgIpc) is 2.86. The van der Waals surface area contributed by atoms with Gasteiger partial charge >= 0.3 is 5.97 Å². The van der Waals surface area contributed by atoms with Crippen molar-refractivity contribution in [2.45, 2.75) is 19.3 Å². The number of imidazole rings is 1. The Morgan fingerprint density at radius 1 is 1.46 bits per heavy atom. The van der Waals surface area contributed by atoms with Gasteiger partial charge in [0.05, 0.1) is 13.8 Å². The summed E-state index contributed by atoms with van der Waals surface area (Å²) in [5.74, 6) is -2.67. The molecule has 0 fully saturated rings. The third kappa shape index (κ3) is 5.16. The number of halogens is 3. The predicted molar refractivity (Wildman–Crippen MR) is 102 cm³/mol. The zero-order chi connectivity index (χ0) is 20.4. The highest BCUT2D eigenvalue weighted by Crippen LogP contribution is 2.23. The maximum absolute atomic E-state index is 10.7. The molecule has 1 heterocycles. The molecule has 0 aliphatic rings. The minimum absolute atomic E-state index is 0. The minimum Gasteiger partial charge on any atom is -0.481 e. The molecule has 1 aromatic heterocycles.